The lowest BCUT2D eigenvalue weighted by molar-refractivity contribution is 0.160. The zero-order chi connectivity index (χ0) is 26.3. The normalized spacial score (nSPS) is 22.3. The number of nitrogens with zero attached hydrogens (tertiary/aromatic N) is 4. The van der Waals surface area contributed by atoms with E-state index in [4.69, 9.17) is 14.9 Å². The van der Waals surface area contributed by atoms with Gasteiger partial charge in [-0.3, -0.25) is 0 Å². The molecule has 6 heteroatoms. The smallest absolute Gasteiger partial charge is 0.217 e. The van der Waals surface area contributed by atoms with Crippen LogP contribution in [0.1, 0.15) is 69.8 Å². The highest BCUT2D eigenvalue weighted by atomic mass is 16.5. The lowest BCUT2D eigenvalue weighted by Gasteiger charge is -2.49. The van der Waals surface area contributed by atoms with Crippen LogP contribution in [0.5, 0.6) is 5.88 Å². The van der Waals surface area contributed by atoms with Crippen molar-refractivity contribution < 1.29 is 4.74 Å². The Kier molecular flexibility index (Phi) is 6.57. The van der Waals surface area contributed by atoms with Gasteiger partial charge in [0, 0.05) is 41.3 Å². The minimum Gasteiger partial charge on any atom is -0.473 e. The topological polar surface area (TPSA) is 63.2 Å². The van der Waals surface area contributed by atoms with Gasteiger partial charge < -0.3 is 15.0 Å². The summed E-state index contributed by atoms with van der Waals surface area (Å²) in [6.07, 6.45) is 9.11. The lowest BCUT2D eigenvalue weighted by Crippen LogP contribution is -2.62. The number of anilines is 1. The highest BCUT2D eigenvalue weighted by Crippen LogP contribution is 2.38. The second kappa shape index (κ2) is 9.56. The molecule has 37 heavy (non-hydrogen) atoms. The quantitative estimate of drug-likeness (QED) is 0.470. The van der Waals surface area contributed by atoms with Crippen LogP contribution in [0.2, 0.25) is 0 Å². The summed E-state index contributed by atoms with van der Waals surface area (Å²) in [5.74, 6) is 1.61. The van der Waals surface area contributed by atoms with Crippen LogP contribution in [0.15, 0.2) is 60.8 Å². The number of rotatable bonds is 6. The van der Waals surface area contributed by atoms with Gasteiger partial charge in [-0.05, 0) is 76.3 Å². The van der Waals surface area contributed by atoms with Crippen molar-refractivity contribution in [3.05, 3.63) is 83.2 Å². The Balaban J connectivity index is 1.33. The van der Waals surface area contributed by atoms with E-state index in [1.807, 2.05) is 30.5 Å². The van der Waals surface area contributed by atoms with E-state index in [0.29, 0.717) is 18.5 Å². The molecule has 0 spiro atoms. The highest BCUT2D eigenvalue weighted by Gasteiger charge is 2.39. The second-order valence-corrected chi connectivity index (χ2v) is 12.2. The van der Waals surface area contributed by atoms with Crippen LogP contribution in [0, 0.1) is 0 Å². The van der Waals surface area contributed by atoms with Crippen molar-refractivity contribution in [1.82, 2.24) is 20.5 Å². The molecule has 2 aromatic heterocycles. The molecule has 1 fully saturated rings. The number of ether oxygens (including phenoxy) is 1. The van der Waals surface area contributed by atoms with Crippen LogP contribution in [0.3, 0.4) is 0 Å². The summed E-state index contributed by atoms with van der Waals surface area (Å²) in [7, 11) is 2.15. The molecule has 0 amide bonds. The Labute approximate surface area is 221 Å². The minimum absolute atomic E-state index is 0.0795. The molecule has 0 bridgehead atoms. The van der Waals surface area contributed by atoms with Crippen LogP contribution in [-0.4, -0.2) is 39.3 Å². The van der Waals surface area contributed by atoms with E-state index < -0.39 is 0 Å². The summed E-state index contributed by atoms with van der Waals surface area (Å²) in [6, 6.07) is 16.9. The van der Waals surface area contributed by atoms with E-state index in [0.717, 1.165) is 47.5 Å². The molecule has 1 N–H and O–H groups in total. The molecule has 1 unspecified atom stereocenters. The Bertz CT molecular complexity index is 1250. The predicted octanol–water partition coefficient (Wildman–Crippen LogP) is 5.72. The molecule has 5 rings (SSSR count). The van der Waals surface area contributed by atoms with Gasteiger partial charge in [0.05, 0.1) is 5.69 Å². The number of fused-ring (bicyclic) bond motifs is 1. The summed E-state index contributed by atoms with van der Waals surface area (Å²) in [6.45, 7) is 11.8. The molecular weight excluding hydrogens is 458 g/mol. The summed E-state index contributed by atoms with van der Waals surface area (Å²) >= 11 is 0. The first-order valence-corrected chi connectivity index (χ1v) is 13.2. The number of allylic oxidation sites excluding steroid dienone is 1. The van der Waals surface area contributed by atoms with Gasteiger partial charge >= 0.3 is 0 Å². The monoisotopic (exact) mass is 497 g/mol. The predicted molar refractivity (Wildman–Crippen MR) is 150 cm³/mol. The van der Waals surface area contributed by atoms with E-state index >= 15 is 0 Å². The average Bonchev–Trinajstić information content (AvgIpc) is 2.86. The van der Waals surface area contributed by atoms with Crippen molar-refractivity contribution in [3.63, 3.8) is 0 Å². The summed E-state index contributed by atoms with van der Waals surface area (Å²) in [5.41, 5.74) is 4.22. The first-order valence-electron chi connectivity index (χ1n) is 13.2. The Morgan fingerprint density at radius 2 is 1.68 bits per heavy atom. The fraction of sp³-hybridized carbons (Fsp3) is 0.452. The van der Waals surface area contributed by atoms with E-state index in [1.54, 1.807) is 0 Å². The third kappa shape index (κ3) is 5.54. The fourth-order valence-corrected chi connectivity index (χ4v) is 6.09. The first-order chi connectivity index (χ1) is 17.5. The number of piperidine rings is 1. The Hall–Kier alpha value is -3.25. The largest absolute Gasteiger partial charge is 0.473 e. The van der Waals surface area contributed by atoms with E-state index in [2.05, 4.69) is 93.3 Å². The lowest BCUT2D eigenvalue weighted by atomic mass is 9.75. The maximum atomic E-state index is 6.18. The van der Waals surface area contributed by atoms with E-state index in [9.17, 15) is 0 Å². The number of benzene rings is 1. The number of hydrogen-bond donors (Lipinski definition) is 1. The SMILES string of the molecule is CN(c1ccc(C2(C)C=Cc3ccnc(OCc4ccccc4)c3C2)nn1)C1CC(C)(C)NC(C)(C)C1. The maximum Gasteiger partial charge on any atom is 0.217 e. The van der Waals surface area contributed by atoms with Crippen molar-refractivity contribution >= 4 is 11.9 Å². The molecule has 3 aromatic rings. The average molecular weight is 498 g/mol. The number of aromatic nitrogens is 3. The number of nitrogens with one attached hydrogen (secondary N) is 1. The number of hydrogen-bond acceptors (Lipinski definition) is 6. The molecular formula is C31H39N5O. The Morgan fingerprint density at radius 1 is 0.946 bits per heavy atom. The molecule has 1 aliphatic carbocycles. The van der Waals surface area contributed by atoms with Crippen molar-refractivity contribution in [2.24, 2.45) is 0 Å². The fourth-order valence-electron chi connectivity index (χ4n) is 6.09. The van der Waals surface area contributed by atoms with Gasteiger partial charge in [-0.2, -0.15) is 5.10 Å². The van der Waals surface area contributed by atoms with Crippen molar-refractivity contribution in [2.45, 2.75) is 83.0 Å². The van der Waals surface area contributed by atoms with Crippen molar-refractivity contribution in [1.29, 1.82) is 0 Å². The molecule has 1 aliphatic heterocycles. The van der Waals surface area contributed by atoms with Gasteiger partial charge in [-0.1, -0.05) is 49.4 Å². The molecule has 0 radical (unpaired) electrons. The third-order valence-electron chi connectivity index (χ3n) is 7.76. The summed E-state index contributed by atoms with van der Waals surface area (Å²) < 4.78 is 6.18. The molecule has 3 heterocycles. The number of pyridine rings is 1. The molecule has 6 nitrogen and oxygen atoms in total. The zero-order valence-electron chi connectivity index (χ0n) is 23.0. The van der Waals surface area contributed by atoms with Gasteiger partial charge in [0.1, 0.15) is 6.61 Å². The van der Waals surface area contributed by atoms with Gasteiger partial charge in [0.2, 0.25) is 5.88 Å². The maximum absolute atomic E-state index is 6.18. The van der Waals surface area contributed by atoms with Gasteiger partial charge in [-0.25, -0.2) is 4.98 Å². The van der Waals surface area contributed by atoms with Crippen LogP contribution in [0.25, 0.3) is 6.08 Å². The van der Waals surface area contributed by atoms with Crippen LogP contribution in [-0.2, 0) is 18.4 Å². The van der Waals surface area contributed by atoms with Crippen molar-refractivity contribution in [2.75, 3.05) is 11.9 Å². The zero-order valence-corrected chi connectivity index (χ0v) is 23.0. The highest BCUT2D eigenvalue weighted by molar-refractivity contribution is 5.62. The van der Waals surface area contributed by atoms with Crippen LogP contribution < -0.4 is 15.0 Å². The van der Waals surface area contributed by atoms with Crippen LogP contribution in [0.4, 0.5) is 5.82 Å². The van der Waals surface area contributed by atoms with Crippen LogP contribution >= 0.6 is 0 Å². The molecule has 2 aliphatic rings. The second-order valence-electron chi connectivity index (χ2n) is 12.2. The van der Waals surface area contributed by atoms with Gasteiger partial charge in [0.15, 0.2) is 5.82 Å². The minimum atomic E-state index is -0.288. The molecule has 0 saturated carbocycles. The molecule has 1 saturated heterocycles. The summed E-state index contributed by atoms with van der Waals surface area (Å²) in [4.78, 5) is 6.88. The van der Waals surface area contributed by atoms with E-state index in [1.165, 1.54) is 0 Å². The van der Waals surface area contributed by atoms with Crippen molar-refractivity contribution in [3.8, 4) is 5.88 Å². The summed E-state index contributed by atoms with van der Waals surface area (Å²) in [5, 5.41) is 13.2. The Morgan fingerprint density at radius 3 is 2.35 bits per heavy atom. The third-order valence-corrected chi connectivity index (χ3v) is 7.76. The molecule has 1 aromatic carbocycles. The molecule has 194 valence electrons. The van der Waals surface area contributed by atoms with Gasteiger partial charge in [0.25, 0.3) is 0 Å². The molecule has 1 atom stereocenters. The van der Waals surface area contributed by atoms with E-state index in [-0.39, 0.29) is 16.5 Å². The first kappa shape index (κ1) is 25.4. The van der Waals surface area contributed by atoms with Gasteiger partial charge in [-0.15, -0.1) is 5.10 Å². The standard InChI is InChI=1S/C31H39N5O/c1-29(2)18-24(19-30(3,4)35-29)36(6)27-13-12-26(33-34-27)31(5)16-14-23-15-17-32-28(25(23)20-31)37-21-22-10-8-7-9-11-22/h7-17,24,35H,18-21H2,1-6H3.